The van der Waals surface area contributed by atoms with E-state index < -0.39 is 16.7 Å². The summed E-state index contributed by atoms with van der Waals surface area (Å²) in [5.74, 6) is -0.232. The number of benzene rings is 1. The fraction of sp³-hybridized carbons (Fsp3) is 0.741. The van der Waals surface area contributed by atoms with Crippen LogP contribution in [0.4, 0.5) is 9.18 Å². The molecule has 7 nitrogen and oxygen atoms in total. The zero-order chi connectivity index (χ0) is 24.9. The van der Waals surface area contributed by atoms with E-state index in [2.05, 4.69) is 4.90 Å². The Balaban J connectivity index is 1.41. The highest BCUT2D eigenvalue weighted by Gasteiger charge is 2.57. The molecule has 2 aliphatic carbocycles. The molecule has 0 unspecified atom stereocenters. The van der Waals surface area contributed by atoms with Crippen molar-refractivity contribution in [2.75, 3.05) is 46.9 Å². The van der Waals surface area contributed by atoms with Gasteiger partial charge in [0.1, 0.15) is 5.82 Å². The molecule has 35 heavy (non-hydrogen) atoms. The summed E-state index contributed by atoms with van der Waals surface area (Å²) in [6, 6.07) is 6.82. The van der Waals surface area contributed by atoms with Crippen LogP contribution in [0.5, 0.6) is 0 Å². The molecule has 2 aliphatic heterocycles. The molecule has 5 rings (SSSR count). The lowest BCUT2D eigenvalue weighted by molar-refractivity contribution is -0.0745. The number of hydrogen-bond acceptors (Lipinski definition) is 5. The molecule has 2 amide bonds. The highest BCUT2D eigenvalue weighted by atomic mass is 19.1. The molecule has 1 spiro atoms. The van der Waals surface area contributed by atoms with Gasteiger partial charge in [0.15, 0.2) is 0 Å². The number of nitrogens with zero attached hydrogens (tertiary/aromatic N) is 3. The summed E-state index contributed by atoms with van der Waals surface area (Å²) >= 11 is 0. The van der Waals surface area contributed by atoms with Gasteiger partial charge in [-0.25, -0.2) is 9.18 Å². The average Bonchev–Trinajstić information content (AvgIpc) is 3.04. The van der Waals surface area contributed by atoms with E-state index in [9.17, 15) is 19.4 Å². The fourth-order valence-electron chi connectivity index (χ4n) is 6.87. The third-order valence-electron chi connectivity index (χ3n) is 9.43. The van der Waals surface area contributed by atoms with Crippen molar-refractivity contribution in [1.29, 1.82) is 0 Å². The number of rotatable bonds is 6. The van der Waals surface area contributed by atoms with E-state index in [4.69, 9.17) is 4.74 Å². The van der Waals surface area contributed by atoms with Gasteiger partial charge in [0, 0.05) is 38.1 Å². The number of carbonyl (C=O) groups excluding carboxylic acids is 1. The molecule has 8 heteroatoms. The van der Waals surface area contributed by atoms with Gasteiger partial charge in [0.25, 0.3) is 0 Å². The van der Waals surface area contributed by atoms with Crippen LogP contribution in [-0.2, 0) is 10.3 Å². The summed E-state index contributed by atoms with van der Waals surface area (Å²) in [7, 11) is 4.09. The molecule has 2 saturated heterocycles. The summed E-state index contributed by atoms with van der Waals surface area (Å²) in [6.45, 7) is 2.21. The molecule has 2 N–H and O–H groups in total. The predicted octanol–water partition coefficient (Wildman–Crippen LogP) is 3.09. The summed E-state index contributed by atoms with van der Waals surface area (Å²) in [5, 5.41) is 22.2. The van der Waals surface area contributed by atoms with Crippen LogP contribution in [0.25, 0.3) is 0 Å². The topological polar surface area (TPSA) is 76.5 Å². The minimum absolute atomic E-state index is 0.0756. The molecule has 0 atom stereocenters. The Bertz CT molecular complexity index is 936. The van der Waals surface area contributed by atoms with Gasteiger partial charge < -0.3 is 24.7 Å². The van der Waals surface area contributed by atoms with Gasteiger partial charge in [0.2, 0.25) is 0 Å². The molecule has 1 aromatic rings. The van der Waals surface area contributed by atoms with E-state index in [1.54, 1.807) is 12.1 Å². The minimum atomic E-state index is -0.928. The van der Waals surface area contributed by atoms with Gasteiger partial charge in [-0.3, -0.25) is 4.90 Å². The zero-order valence-electron chi connectivity index (χ0n) is 21.1. The summed E-state index contributed by atoms with van der Waals surface area (Å²) in [5.41, 5.74) is -1.47. The number of hydrogen-bond donors (Lipinski definition) is 2. The van der Waals surface area contributed by atoms with Gasteiger partial charge in [0.05, 0.1) is 29.8 Å². The third kappa shape index (κ3) is 4.47. The second kappa shape index (κ2) is 8.98. The third-order valence-corrected chi connectivity index (χ3v) is 9.43. The molecule has 194 valence electrons. The van der Waals surface area contributed by atoms with E-state index >= 15 is 0 Å². The van der Waals surface area contributed by atoms with Crippen LogP contribution in [0.2, 0.25) is 0 Å². The molecule has 0 bridgehead atoms. The van der Waals surface area contributed by atoms with E-state index in [0.717, 1.165) is 50.5 Å². The second-order valence-electron chi connectivity index (χ2n) is 11.8. The maximum absolute atomic E-state index is 14.2. The van der Waals surface area contributed by atoms with Crippen LogP contribution in [0, 0.1) is 5.82 Å². The van der Waals surface area contributed by atoms with Crippen molar-refractivity contribution in [3.05, 3.63) is 35.6 Å². The summed E-state index contributed by atoms with van der Waals surface area (Å²) in [6.07, 6.45) is 6.59. The normalized spacial score (nSPS) is 32.3. The van der Waals surface area contributed by atoms with Crippen molar-refractivity contribution in [3.8, 4) is 0 Å². The monoisotopic (exact) mass is 489 g/mol. The Morgan fingerprint density at radius 3 is 2.20 bits per heavy atom. The quantitative estimate of drug-likeness (QED) is 0.642. The number of aliphatic hydroxyl groups is 2. The molecule has 2 heterocycles. The van der Waals surface area contributed by atoms with E-state index in [0.29, 0.717) is 45.7 Å². The molecule has 4 aliphatic rings. The first kappa shape index (κ1) is 24.9. The van der Waals surface area contributed by atoms with Crippen molar-refractivity contribution in [2.45, 2.75) is 80.1 Å². The number of carbonyl (C=O) groups is 1. The van der Waals surface area contributed by atoms with Gasteiger partial charge in [-0.2, -0.15) is 0 Å². The van der Waals surface area contributed by atoms with E-state index in [1.807, 2.05) is 30.0 Å². The minimum Gasteiger partial charge on any atom is -0.388 e. The van der Waals surface area contributed by atoms with Crippen molar-refractivity contribution in [2.24, 2.45) is 0 Å². The number of β-amino-alcohol motifs (C(OH)–C–C–N with tert-alkyl or cyclic N) is 2. The summed E-state index contributed by atoms with van der Waals surface area (Å²) < 4.78 is 19.6. The molecule has 0 radical (unpaired) electrons. The van der Waals surface area contributed by atoms with Gasteiger partial charge >= 0.3 is 6.03 Å². The molecule has 1 aromatic carbocycles. The van der Waals surface area contributed by atoms with Crippen LogP contribution in [0.3, 0.4) is 0 Å². The zero-order valence-corrected chi connectivity index (χ0v) is 21.1. The van der Waals surface area contributed by atoms with Gasteiger partial charge in [-0.1, -0.05) is 12.1 Å². The van der Waals surface area contributed by atoms with Crippen molar-refractivity contribution in [1.82, 2.24) is 14.7 Å². The number of amides is 2. The maximum atomic E-state index is 14.2. The van der Waals surface area contributed by atoms with Crippen LogP contribution in [-0.4, -0.2) is 94.6 Å². The first-order valence-corrected chi connectivity index (χ1v) is 13.1. The van der Waals surface area contributed by atoms with Gasteiger partial charge in [-0.15, -0.1) is 0 Å². The van der Waals surface area contributed by atoms with E-state index in [1.165, 1.54) is 6.07 Å². The van der Waals surface area contributed by atoms with Crippen LogP contribution in [0.15, 0.2) is 24.3 Å². The highest BCUT2D eigenvalue weighted by molar-refractivity contribution is 5.78. The first-order chi connectivity index (χ1) is 16.6. The number of ether oxygens (including phenoxy) is 1. The van der Waals surface area contributed by atoms with Crippen molar-refractivity contribution >= 4 is 6.03 Å². The highest BCUT2D eigenvalue weighted by Crippen LogP contribution is 2.50. The fourth-order valence-corrected chi connectivity index (χ4v) is 6.87. The molecule has 2 saturated carbocycles. The Labute approximate surface area is 207 Å². The number of halogens is 1. The van der Waals surface area contributed by atoms with Crippen LogP contribution < -0.4 is 0 Å². The Hall–Kier alpha value is -1.74. The standard InChI is InChI=1S/C27H40FN3O4/c1-29(2)27(21-5-3-6-22(28)17-21)11-9-24(10-12-27)18-30(19-26(34)13-15-35-16-14-26)23(32)31(24)20-25(33)7-4-8-25/h3,5-6,17,33-34H,4,7-16,18-20H2,1-2H3/t24-,27-. The molecular formula is C27H40FN3O4. The molecule has 0 aromatic heterocycles. The second-order valence-corrected chi connectivity index (χ2v) is 11.8. The smallest absolute Gasteiger partial charge is 0.320 e. The summed E-state index contributed by atoms with van der Waals surface area (Å²) in [4.78, 5) is 19.7. The lowest BCUT2D eigenvalue weighted by atomic mass is 9.67. The van der Waals surface area contributed by atoms with Crippen LogP contribution in [0.1, 0.15) is 63.4 Å². The van der Waals surface area contributed by atoms with Gasteiger partial charge in [-0.05, 0) is 76.7 Å². The number of urea groups is 1. The molecular weight excluding hydrogens is 449 g/mol. The average molecular weight is 490 g/mol. The lowest BCUT2D eigenvalue weighted by Gasteiger charge is -2.52. The SMILES string of the molecule is CN(C)[C@]1(c2cccc(F)c2)CC[C@@]2(CC1)CN(CC1(O)CCOCC1)C(=O)N2CC1(O)CCC1. The Morgan fingerprint density at radius 2 is 1.63 bits per heavy atom. The van der Waals surface area contributed by atoms with E-state index in [-0.39, 0.29) is 17.4 Å². The largest absolute Gasteiger partial charge is 0.388 e. The van der Waals surface area contributed by atoms with Crippen molar-refractivity contribution in [3.63, 3.8) is 0 Å². The Morgan fingerprint density at radius 1 is 0.971 bits per heavy atom. The lowest BCUT2D eigenvalue weighted by Crippen LogP contribution is -2.59. The molecule has 4 fully saturated rings. The van der Waals surface area contributed by atoms with Crippen LogP contribution >= 0.6 is 0 Å². The maximum Gasteiger partial charge on any atom is 0.320 e. The Kier molecular flexibility index (Phi) is 6.39. The van der Waals surface area contributed by atoms with Crippen molar-refractivity contribution < 1.29 is 24.1 Å². The predicted molar refractivity (Wildman–Crippen MR) is 130 cm³/mol. The first-order valence-electron chi connectivity index (χ1n) is 13.1.